The van der Waals surface area contributed by atoms with Crippen LogP contribution in [0.25, 0.3) is 6.08 Å². The standard InChI is InChI=1S/C13H13NO2/c1-10(15)12(13(14)16)9-5-8-11-6-3-2-4-7-11/h2-9H,1H3,(H2,14,16)/b8-5+,12-9-. The summed E-state index contributed by atoms with van der Waals surface area (Å²) >= 11 is 0. The third-order valence-corrected chi connectivity index (χ3v) is 2.00. The Hall–Kier alpha value is -2.16. The summed E-state index contributed by atoms with van der Waals surface area (Å²) in [5.41, 5.74) is 6.05. The zero-order valence-electron chi connectivity index (χ0n) is 9.01. The van der Waals surface area contributed by atoms with E-state index < -0.39 is 5.91 Å². The normalized spacial score (nSPS) is 11.7. The molecule has 0 atom stereocenters. The van der Waals surface area contributed by atoms with Crippen molar-refractivity contribution in [1.82, 2.24) is 0 Å². The summed E-state index contributed by atoms with van der Waals surface area (Å²) in [6.45, 7) is 1.31. The quantitative estimate of drug-likeness (QED) is 0.359. The zero-order valence-corrected chi connectivity index (χ0v) is 9.01. The largest absolute Gasteiger partial charge is 0.365 e. The Bertz CT molecular complexity index is 428. The molecule has 0 spiro atoms. The van der Waals surface area contributed by atoms with E-state index in [9.17, 15) is 9.59 Å². The van der Waals surface area contributed by atoms with E-state index in [1.165, 1.54) is 13.0 Å². The Balaban J connectivity index is 2.82. The lowest BCUT2D eigenvalue weighted by Crippen LogP contribution is -2.18. The van der Waals surface area contributed by atoms with Crippen LogP contribution in [0.5, 0.6) is 0 Å². The number of ketones is 1. The second kappa shape index (κ2) is 5.66. The van der Waals surface area contributed by atoms with Gasteiger partial charge < -0.3 is 5.73 Å². The fourth-order valence-corrected chi connectivity index (χ4v) is 1.19. The summed E-state index contributed by atoms with van der Waals surface area (Å²) in [5, 5.41) is 0. The highest BCUT2D eigenvalue weighted by molar-refractivity contribution is 6.18. The first kappa shape index (κ1) is 11.9. The molecule has 0 aliphatic heterocycles. The molecule has 0 radical (unpaired) electrons. The zero-order chi connectivity index (χ0) is 12.0. The summed E-state index contributed by atoms with van der Waals surface area (Å²) in [5.74, 6) is -1.03. The van der Waals surface area contributed by atoms with Crippen molar-refractivity contribution in [3.05, 3.63) is 53.6 Å². The van der Waals surface area contributed by atoms with Crippen LogP contribution in [0.1, 0.15) is 12.5 Å². The van der Waals surface area contributed by atoms with Gasteiger partial charge in [0.15, 0.2) is 5.78 Å². The first-order valence-corrected chi connectivity index (χ1v) is 4.85. The van der Waals surface area contributed by atoms with Crippen molar-refractivity contribution in [1.29, 1.82) is 0 Å². The molecule has 0 heterocycles. The number of rotatable bonds is 4. The first-order valence-electron chi connectivity index (χ1n) is 4.85. The fraction of sp³-hybridized carbons (Fsp3) is 0.0769. The number of hydrogen-bond donors (Lipinski definition) is 1. The van der Waals surface area contributed by atoms with E-state index in [4.69, 9.17) is 5.73 Å². The van der Waals surface area contributed by atoms with Gasteiger partial charge in [0.2, 0.25) is 0 Å². The number of carbonyl (C=O) groups excluding carboxylic acids is 2. The first-order chi connectivity index (χ1) is 7.61. The molecular weight excluding hydrogens is 202 g/mol. The minimum atomic E-state index is -0.704. The van der Waals surface area contributed by atoms with Gasteiger partial charge in [-0.2, -0.15) is 0 Å². The van der Waals surface area contributed by atoms with E-state index in [0.29, 0.717) is 0 Å². The van der Waals surface area contributed by atoms with E-state index in [1.54, 1.807) is 12.2 Å². The maximum Gasteiger partial charge on any atom is 0.252 e. The van der Waals surface area contributed by atoms with Crippen LogP contribution in [0.15, 0.2) is 48.1 Å². The SMILES string of the molecule is CC(=O)/C(=C/C=C/c1ccccc1)C(N)=O. The fourth-order valence-electron chi connectivity index (χ4n) is 1.19. The third-order valence-electron chi connectivity index (χ3n) is 2.00. The number of Topliss-reactive ketones (excluding diaryl/α,β-unsaturated/α-hetero) is 1. The molecule has 1 aromatic carbocycles. The van der Waals surface area contributed by atoms with Gasteiger partial charge in [0.1, 0.15) is 0 Å². The van der Waals surface area contributed by atoms with Gasteiger partial charge in [-0.1, -0.05) is 42.5 Å². The van der Waals surface area contributed by atoms with Crippen molar-refractivity contribution in [2.24, 2.45) is 5.73 Å². The van der Waals surface area contributed by atoms with Crippen LogP contribution < -0.4 is 5.73 Å². The molecule has 16 heavy (non-hydrogen) atoms. The minimum Gasteiger partial charge on any atom is -0.365 e. The molecule has 0 aliphatic rings. The average molecular weight is 215 g/mol. The molecule has 82 valence electrons. The van der Waals surface area contributed by atoms with Crippen LogP contribution in [-0.2, 0) is 9.59 Å². The second-order valence-corrected chi connectivity index (χ2v) is 3.27. The lowest BCUT2D eigenvalue weighted by atomic mass is 10.1. The van der Waals surface area contributed by atoms with E-state index in [0.717, 1.165) is 5.56 Å². The molecule has 3 heteroatoms. The van der Waals surface area contributed by atoms with E-state index in [1.807, 2.05) is 30.3 Å². The number of primary amides is 1. The van der Waals surface area contributed by atoms with Crippen molar-refractivity contribution in [3.8, 4) is 0 Å². The molecule has 0 aliphatic carbocycles. The number of benzene rings is 1. The minimum absolute atomic E-state index is 0.00665. The molecule has 1 rings (SSSR count). The number of nitrogens with two attached hydrogens (primary N) is 1. The highest BCUT2D eigenvalue weighted by Gasteiger charge is 2.07. The van der Waals surface area contributed by atoms with Crippen molar-refractivity contribution in [2.75, 3.05) is 0 Å². The molecule has 0 unspecified atom stereocenters. The molecule has 0 bridgehead atoms. The predicted octanol–water partition coefficient (Wildman–Crippen LogP) is 1.70. The smallest absolute Gasteiger partial charge is 0.252 e. The van der Waals surface area contributed by atoms with Crippen LogP contribution in [-0.4, -0.2) is 11.7 Å². The van der Waals surface area contributed by atoms with Gasteiger partial charge in [0.25, 0.3) is 5.91 Å². The van der Waals surface area contributed by atoms with E-state index in [-0.39, 0.29) is 11.4 Å². The highest BCUT2D eigenvalue weighted by atomic mass is 16.2. The Morgan fingerprint density at radius 1 is 1.19 bits per heavy atom. The highest BCUT2D eigenvalue weighted by Crippen LogP contribution is 2.02. The summed E-state index contributed by atoms with van der Waals surface area (Å²) in [6.07, 6.45) is 4.86. The monoisotopic (exact) mass is 215 g/mol. The third kappa shape index (κ3) is 3.53. The van der Waals surface area contributed by atoms with Gasteiger partial charge in [-0.25, -0.2) is 0 Å². The van der Waals surface area contributed by atoms with Crippen LogP contribution in [0.4, 0.5) is 0 Å². The maximum absolute atomic E-state index is 11.0. The number of allylic oxidation sites excluding steroid dienone is 2. The maximum atomic E-state index is 11.0. The van der Waals surface area contributed by atoms with Crippen LogP contribution >= 0.6 is 0 Å². The summed E-state index contributed by atoms with van der Waals surface area (Å²) in [6, 6.07) is 9.56. The molecule has 0 saturated carbocycles. The van der Waals surface area contributed by atoms with Crippen molar-refractivity contribution in [2.45, 2.75) is 6.92 Å². The number of amides is 1. The van der Waals surface area contributed by atoms with Crippen molar-refractivity contribution >= 4 is 17.8 Å². The summed E-state index contributed by atoms with van der Waals surface area (Å²) in [7, 11) is 0. The van der Waals surface area contributed by atoms with Gasteiger partial charge in [-0.15, -0.1) is 0 Å². The molecule has 1 amide bonds. The molecule has 0 saturated heterocycles. The van der Waals surface area contributed by atoms with Gasteiger partial charge in [-0.3, -0.25) is 9.59 Å². The second-order valence-electron chi connectivity index (χ2n) is 3.27. The number of hydrogen-bond acceptors (Lipinski definition) is 2. The Kier molecular flexibility index (Phi) is 4.21. The van der Waals surface area contributed by atoms with E-state index in [2.05, 4.69) is 0 Å². The van der Waals surface area contributed by atoms with E-state index >= 15 is 0 Å². The van der Waals surface area contributed by atoms with Crippen LogP contribution in [0, 0.1) is 0 Å². The topological polar surface area (TPSA) is 60.2 Å². The molecular formula is C13H13NO2. The molecule has 0 fully saturated rings. The summed E-state index contributed by atoms with van der Waals surface area (Å²) in [4.78, 5) is 21.9. The van der Waals surface area contributed by atoms with Gasteiger partial charge in [-0.05, 0) is 18.6 Å². The Morgan fingerprint density at radius 2 is 1.81 bits per heavy atom. The van der Waals surface area contributed by atoms with Crippen molar-refractivity contribution < 1.29 is 9.59 Å². The Morgan fingerprint density at radius 3 is 2.31 bits per heavy atom. The molecule has 2 N–H and O–H groups in total. The van der Waals surface area contributed by atoms with Crippen LogP contribution in [0.3, 0.4) is 0 Å². The van der Waals surface area contributed by atoms with Gasteiger partial charge in [0.05, 0.1) is 5.57 Å². The Labute approximate surface area is 94.3 Å². The lowest BCUT2D eigenvalue weighted by molar-refractivity contribution is -0.119. The predicted molar refractivity (Wildman–Crippen MR) is 63.4 cm³/mol. The van der Waals surface area contributed by atoms with Crippen LogP contribution in [0.2, 0.25) is 0 Å². The van der Waals surface area contributed by atoms with Gasteiger partial charge >= 0.3 is 0 Å². The number of carbonyl (C=O) groups is 2. The lowest BCUT2D eigenvalue weighted by Gasteiger charge is -1.94. The molecule has 0 aromatic heterocycles. The molecule has 1 aromatic rings. The van der Waals surface area contributed by atoms with Crippen molar-refractivity contribution in [3.63, 3.8) is 0 Å². The average Bonchev–Trinajstić information content (AvgIpc) is 2.24. The van der Waals surface area contributed by atoms with Gasteiger partial charge in [0, 0.05) is 0 Å². The summed E-state index contributed by atoms with van der Waals surface area (Å²) < 4.78 is 0. The molecule has 3 nitrogen and oxygen atoms in total.